The summed E-state index contributed by atoms with van der Waals surface area (Å²) in [5.41, 5.74) is 6.10. The third-order valence-corrected chi connectivity index (χ3v) is 3.98. The molecule has 1 aromatic rings. The SMILES string of the molecule is NCCC1CCCN(C(=O)c2ncccc2Br)C1. The van der Waals surface area contributed by atoms with Crippen molar-refractivity contribution in [2.45, 2.75) is 19.3 Å². The second-order valence-corrected chi connectivity index (χ2v) is 5.52. The second-order valence-electron chi connectivity index (χ2n) is 4.67. The van der Waals surface area contributed by atoms with E-state index in [0.29, 0.717) is 18.2 Å². The van der Waals surface area contributed by atoms with Crippen LogP contribution in [0.2, 0.25) is 0 Å². The van der Waals surface area contributed by atoms with Gasteiger partial charge in [-0.05, 0) is 59.8 Å². The van der Waals surface area contributed by atoms with Crippen molar-refractivity contribution in [3.05, 3.63) is 28.5 Å². The van der Waals surface area contributed by atoms with E-state index in [2.05, 4.69) is 20.9 Å². The van der Waals surface area contributed by atoms with Crippen LogP contribution in [-0.4, -0.2) is 35.4 Å². The van der Waals surface area contributed by atoms with E-state index in [1.54, 1.807) is 6.20 Å². The van der Waals surface area contributed by atoms with Crippen LogP contribution in [-0.2, 0) is 0 Å². The molecule has 2 N–H and O–H groups in total. The minimum atomic E-state index is 0.0178. The number of pyridine rings is 1. The molecule has 98 valence electrons. The molecule has 1 saturated heterocycles. The van der Waals surface area contributed by atoms with E-state index < -0.39 is 0 Å². The molecule has 0 aromatic carbocycles. The first-order valence-corrected chi connectivity index (χ1v) is 7.11. The number of rotatable bonds is 3. The Balaban J connectivity index is 2.07. The summed E-state index contributed by atoms with van der Waals surface area (Å²) in [4.78, 5) is 18.4. The Bertz CT molecular complexity index is 422. The van der Waals surface area contributed by atoms with Crippen molar-refractivity contribution in [2.75, 3.05) is 19.6 Å². The number of piperidine rings is 1. The summed E-state index contributed by atoms with van der Waals surface area (Å²) in [5.74, 6) is 0.555. The highest BCUT2D eigenvalue weighted by Crippen LogP contribution is 2.22. The molecule has 1 fully saturated rings. The molecule has 0 aliphatic carbocycles. The van der Waals surface area contributed by atoms with Gasteiger partial charge in [-0.2, -0.15) is 0 Å². The standard InChI is InChI=1S/C13H18BrN3O/c14-11-4-1-7-16-12(11)13(18)17-8-2-3-10(9-17)5-6-15/h1,4,7,10H,2-3,5-6,8-9,15H2. The van der Waals surface area contributed by atoms with Crippen LogP contribution in [0.3, 0.4) is 0 Å². The first kappa shape index (κ1) is 13.5. The molecule has 1 aliphatic heterocycles. The van der Waals surface area contributed by atoms with Gasteiger partial charge in [0, 0.05) is 23.8 Å². The van der Waals surface area contributed by atoms with Gasteiger partial charge < -0.3 is 10.6 Å². The minimum Gasteiger partial charge on any atom is -0.337 e. The quantitative estimate of drug-likeness (QED) is 0.929. The Labute approximate surface area is 116 Å². The molecule has 2 rings (SSSR count). The van der Waals surface area contributed by atoms with E-state index in [1.807, 2.05) is 17.0 Å². The van der Waals surface area contributed by atoms with Gasteiger partial charge in [0.15, 0.2) is 0 Å². The Hall–Kier alpha value is -0.940. The molecular weight excluding hydrogens is 294 g/mol. The highest BCUT2D eigenvalue weighted by Gasteiger charge is 2.25. The highest BCUT2D eigenvalue weighted by molar-refractivity contribution is 9.10. The van der Waals surface area contributed by atoms with E-state index in [1.165, 1.54) is 6.42 Å². The van der Waals surface area contributed by atoms with Gasteiger partial charge in [-0.25, -0.2) is 4.98 Å². The predicted molar refractivity (Wildman–Crippen MR) is 74.2 cm³/mol. The molecule has 1 atom stereocenters. The Kier molecular flexibility index (Phi) is 4.72. The second kappa shape index (κ2) is 6.29. The van der Waals surface area contributed by atoms with Crippen LogP contribution >= 0.6 is 15.9 Å². The summed E-state index contributed by atoms with van der Waals surface area (Å²) < 4.78 is 0.760. The summed E-state index contributed by atoms with van der Waals surface area (Å²) >= 11 is 3.38. The van der Waals surface area contributed by atoms with Crippen molar-refractivity contribution in [2.24, 2.45) is 11.7 Å². The largest absolute Gasteiger partial charge is 0.337 e. The number of amides is 1. The van der Waals surface area contributed by atoms with Crippen molar-refractivity contribution >= 4 is 21.8 Å². The lowest BCUT2D eigenvalue weighted by molar-refractivity contribution is 0.0662. The van der Waals surface area contributed by atoms with E-state index in [4.69, 9.17) is 5.73 Å². The smallest absolute Gasteiger partial charge is 0.273 e. The number of likely N-dealkylation sites (tertiary alicyclic amines) is 1. The average molecular weight is 312 g/mol. The Morgan fingerprint density at radius 1 is 1.61 bits per heavy atom. The zero-order valence-corrected chi connectivity index (χ0v) is 11.9. The maximum Gasteiger partial charge on any atom is 0.273 e. The summed E-state index contributed by atoms with van der Waals surface area (Å²) in [6, 6.07) is 3.66. The van der Waals surface area contributed by atoms with Crippen LogP contribution in [0, 0.1) is 5.92 Å². The molecule has 2 heterocycles. The maximum atomic E-state index is 12.4. The lowest BCUT2D eigenvalue weighted by Gasteiger charge is -2.32. The Morgan fingerprint density at radius 3 is 3.17 bits per heavy atom. The zero-order chi connectivity index (χ0) is 13.0. The van der Waals surface area contributed by atoms with E-state index >= 15 is 0 Å². The lowest BCUT2D eigenvalue weighted by atomic mass is 9.94. The van der Waals surface area contributed by atoms with Gasteiger partial charge in [0.2, 0.25) is 0 Å². The first-order chi connectivity index (χ1) is 8.72. The topological polar surface area (TPSA) is 59.2 Å². The summed E-state index contributed by atoms with van der Waals surface area (Å²) in [6.45, 7) is 2.32. The molecule has 0 bridgehead atoms. The van der Waals surface area contributed by atoms with Gasteiger partial charge in [0.05, 0.1) is 0 Å². The molecule has 5 heteroatoms. The number of nitrogens with two attached hydrogens (primary N) is 1. The van der Waals surface area contributed by atoms with Crippen LogP contribution in [0.15, 0.2) is 22.8 Å². The molecule has 1 amide bonds. The summed E-state index contributed by atoms with van der Waals surface area (Å²) in [7, 11) is 0. The van der Waals surface area contributed by atoms with E-state index in [0.717, 1.165) is 30.4 Å². The van der Waals surface area contributed by atoms with Crippen LogP contribution in [0.1, 0.15) is 29.8 Å². The third kappa shape index (κ3) is 3.09. The van der Waals surface area contributed by atoms with Crippen molar-refractivity contribution in [3.8, 4) is 0 Å². The van der Waals surface area contributed by atoms with Crippen molar-refractivity contribution in [1.29, 1.82) is 0 Å². The number of halogens is 1. The number of carbonyl (C=O) groups excluding carboxylic acids is 1. The maximum absolute atomic E-state index is 12.4. The van der Waals surface area contributed by atoms with Gasteiger partial charge in [-0.1, -0.05) is 0 Å². The molecule has 0 saturated carbocycles. The monoisotopic (exact) mass is 311 g/mol. The fraction of sp³-hybridized carbons (Fsp3) is 0.538. The number of hydrogen-bond acceptors (Lipinski definition) is 3. The van der Waals surface area contributed by atoms with E-state index in [9.17, 15) is 4.79 Å². The van der Waals surface area contributed by atoms with Gasteiger partial charge in [-0.3, -0.25) is 4.79 Å². The van der Waals surface area contributed by atoms with Gasteiger partial charge in [0.1, 0.15) is 5.69 Å². The molecule has 0 radical (unpaired) electrons. The zero-order valence-electron chi connectivity index (χ0n) is 10.3. The number of nitrogens with zero attached hydrogens (tertiary/aromatic N) is 2. The van der Waals surface area contributed by atoms with Crippen LogP contribution in [0.4, 0.5) is 0 Å². The summed E-state index contributed by atoms with van der Waals surface area (Å²) in [5, 5.41) is 0. The van der Waals surface area contributed by atoms with Gasteiger partial charge in [-0.15, -0.1) is 0 Å². The number of aromatic nitrogens is 1. The minimum absolute atomic E-state index is 0.0178. The fourth-order valence-electron chi connectivity index (χ4n) is 2.41. The van der Waals surface area contributed by atoms with Crippen molar-refractivity contribution in [3.63, 3.8) is 0 Å². The normalized spacial score (nSPS) is 19.9. The third-order valence-electron chi connectivity index (χ3n) is 3.34. The molecule has 4 nitrogen and oxygen atoms in total. The number of carbonyl (C=O) groups is 1. The number of hydrogen-bond donors (Lipinski definition) is 1. The van der Waals surface area contributed by atoms with Crippen LogP contribution in [0.5, 0.6) is 0 Å². The van der Waals surface area contributed by atoms with Gasteiger partial charge >= 0.3 is 0 Å². The fourth-order valence-corrected chi connectivity index (χ4v) is 2.84. The van der Waals surface area contributed by atoms with Crippen molar-refractivity contribution < 1.29 is 4.79 Å². The average Bonchev–Trinajstić information content (AvgIpc) is 2.39. The molecule has 1 aromatic heterocycles. The molecule has 1 unspecified atom stereocenters. The lowest BCUT2D eigenvalue weighted by Crippen LogP contribution is -2.40. The van der Waals surface area contributed by atoms with E-state index in [-0.39, 0.29) is 5.91 Å². The Morgan fingerprint density at radius 2 is 2.44 bits per heavy atom. The van der Waals surface area contributed by atoms with Crippen LogP contribution < -0.4 is 5.73 Å². The molecular formula is C13H18BrN3O. The molecule has 18 heavy (non-hydrogen) atoms. The first-order valence-electron chi connectivity index (χ1n) is 6.32. The molecule has 1 aliphatic rings. The summed E-state index contributed by atoms with van der Waals surface area (Å²) in [6.07, 6.45) is 4.87. The predicted octanol–water partition coefficient (Wildman–Crippen LogP) is 2.05. The van der Waals surface area contributed by atoms with Gasteiger partial charge in [0.25, 0.3) is 5.91 Å². The highest BCUT2D eigenvalue weighted by atomic mass is 79.9. The molecule has 0 spiro atoms. The van der Waals surface area contributed by atoms with Crippen molar-refractivity contribution in [1.82, 2.24) is 9.88 Å². The van der Waals surface area contributed by atoms with Crippen LogP contribution in [0.25, 0.3) is 0 Å².